The number of urea groups is 1. The highest BCUT2D eigenvalue weighted by Crippen LogP contribution is 2.27. The van der Waals surface area contributed by atoms with Crippen LogP contribution >= 0.6 is 0 Å². The molecule has 5 heteroatoms. The molecule has 0 saturated carbocycles. The Kier molecular flexibility index (Phi) is 4.78. The van der Waals surface area contributed by atoms with Crippen LogP contribution in [-0.4, -0.2) is 30.4 Å². The van der Waals surface area contributed by atoms with Crippen LogP contribution in [0.25, 0.3) is 0 Å². The van der Waals surface area contributed by atoms with Gasteiger partial charge in [-0.25, -0.2) is 4.79 Å². The largest absolute Gasteiger partial charge is 0.493 e. The highest BCUT2D eigenvalue weighted by Gasteiger charge is 2.15. The lowest BCUT2D eigenvalue weighted by Gasteiger charge is -2.17. The number of hydrogen-bond donors (Lipinski definition) is 3. The van der Waals surface area contributed by atoms with E-state index in [4.69, 9.17) is 4.74 Å². The number of nitrogens with one attached hydrogen (secondary N) is 2. The number of amides is 2. The van der Waals surface area contributed by atoms with Gasteiger partial charge in [-0.3, -0.25) is 0 Å². The molecule has 1 atom stereocenters. The van der Waals surface area contributed by atoms with E-state index in [-0.39, 0.29) is 18.7 Å². The van der Waals surface area contributed by atoms with Gasteiger partial charge in [0.05, 0.1) is 19.3 Å². The Morgan fingerprint density at radius 3 is 2.83 bits per heavy atom. The fourth-order valence-corrected chi connectivity index (χ4v) is 2.68. The van der Waals surface area contributed by atoms with E-state index >= 15 is 0 Å². The minimum Gasteiger partial charge on any atom is -0.493 e. The van der Waals surface area contributed by atoms with Crippen molar-refractivity contribution in [2.24, 2.45) is 0 Å². The molecule has 2 aromatic carbocycles. The molecule has 0 aliphatic carbocycles. The van der Waals surface area contributed by atoms with E-state index in [1.807, 2.05) is 48.5 Å². The quantitative estimate of drug-likeness (QED) is 0.793. The number of benzene rings is 2. The van der Waals surface area contributed by atoms with Gasteiger partial charge in [-0.2, -0.15) is 0 Å². The first-order valence-corrected chi connectivity index (χ1v) is 7.72. The summed E-state index contributed by atoms with van der Waals surface area (Å²) in [5, 5.41) is 15.1. The summed E-state index contributed by atoms with van der Waals surface area (Å²) in [6.07, 6.45) is 1.45. The number of fused-ring (bicyclic) bond motifs is 1. The number of carbonyl (C=O) groups is 1. The predicted octanol–water partition coefficient (Wildman–Crippen LogP) is 2.35. The third-order valence-corrected chi connectivity index (χ3v) is 3.83. The number of aliphatic hydroxyl groups is 1. The van der Waals surface area contributed by atoms with E-state index in [0.29, 0.717) is 13.0 Å². The number of hydrogen-bond acceptors (Lipinski definition) is 3. The third-order valence-electron chi connectivity index (χ3n) is 3.83. The molecule has 1 aliphatic rings. The molecule has 5 nitrogen and oxygen atoms in total. The van der Waals surface area contributed by atoms with E-state index in [1.165, 1.54) is 0 Å². The highest BCUT2D eigenvalue weighted by molar-refractivity contribution is 5.89. The fourth-order valence-electron chi connectivity index (χ4n) is 2.68. The van der Waals surface area contributed by atoms with E-state index in [1.54, 1.807) is 0 Å². The second kappa shape index (κ2) is 7.15. The maximum Gasteiger partial charge on any atom is 0.319 e. The summed E-state index contributed by atoms with van der Waals surface area (Å²) < 4.78 is 5.45. The van der Waals surface area contributed by atoms with Crippen LogP contribution in [0.4, 0.5) is 10.5 Å². The fraction of sp³-hybridized carbons (Fsp3) is 0.278. The molecule has 0 saturated heterocycles. The van der Waals surface area contributed by atoms with E-state index in [2.05, 4.69) is 10.6 Å². The molecule has 1 unspecified atom stereocenters. The molecular formula is C18H20N2O3. The first kappa shape index (κ1) is 15.4. The number of rotatable bonds is 5. The lowest BCUT2D eigenvalue weighted by atomic mass is 10.1. The van der Waals surface area contributed by atoms with Crippen LogP contribution in [0.5, 0.6) is 5.75 Å². The van der Waals surface area contributed by atoms with Crippen LogP contribution < -0.4 is 15.4 Å². The van der Waals surface area contributed by atoms with Gasteiger partial charge in [-0.05, 0) is 35.7 Å². The molecule has 3 N–H and O–H groups in total. The van der Waals surface area contributed by atoms with Crippen LogP contribution in [0.3, 0.4) is 0 Å². The van der Waals surface area contributed by atoms with E-state index in [0.717, 1.165) is 29.0 Å². The number of aliphatic hydroxyl groups excluding tert-OH is 1. The number of carbonyl (C=O) groups excluding carboxylic acids is 1. The lowest BCUT2D eigenvalue weighted by molar-refractivity contribution is 0.224. The van der Waals surface area contributed by atoms with E-state index < -0.39 is 0 Å². The summed E-state index contributed by atoms with van der Waals surface area (Å²) in [4.78, 5) is 12.1. The van der Waals surface area contributed by atoms with Crippen molar-refractivity contribution in [3.05, 3.63) is 59.7 Å². The van der Waals surface area contributed by atoms with Gasteiger partial charge in [-0.1, -0.05) is 30.3 Å². The average Bonchev–Trinajstić information content (AvgIpc) is 3.02. The van der Waals surface area contributed by atoms with Gasteiger partial charge in [0.15, 0.2) is 0 Å². The minimum atomic E-state index is -0.324. The van der Waals surface area contributed by atoms with Crippen LogP contribution in [0.1, 0.15) is 11.1 Å². The van der Waals surface area contributed by atoms with Crippen LogP contribution in [0.2, 0.25) is 0 Å². The van der Waals surface area contributed by atoms with Crippen molar-refractivity contribution in [2.45, 2.75) is 18.9 Å². The van der Waals surface area contributed by atoms with Gasteiger partial charge in [0, 0.05) is 12.1 Å². The number of anilines is 1. The van der Waals surface area contributed by atoms with Crippen molar-refractivity contribution in [3.8, 4) is 5.75 Å². The zero-order valence-corrected chi connectivity index (χ0v) is 12.8. The molecule has 0 fully saturated rings. The molecule has 0 aromatic heterocycles. The molecule has 1 aliphatic heterocycles. The summed E-state index contributed by atoms with van der Waals surface area (Å²) in [6, 6.07) is 14.7. The molecule has 0 spiro atoms. The summed E-state index contributed by atoms with van der Waals surface area (Å²) in [5.41, 5.74) is 2.90. The van der Waals surface area contributed by atoms with E-state index in [9.17, 15) is 9.90 Å². The lowest BCUT2D eigenvalue weighted by Crippen LogP contribution is -2.41. The summed E-state index contributed by atoms with van der Waals surface area (Å²) in [7, 11) is 0. The summed E-state index contributed by atoms with van der Waals surface area (Å²) >= 11 is 0. The minimum absolute atomic E-state index is 0.111. The second-order valence-corrected chi connectivity index (χ2v) is 5.59. The molecule has 0 bridgehead atoms. The number of ether oxygens (including phenoxy) is 1. The van der Waals surface area contributed by atoms with Crippen molar-refractivity contribution in [1.82, 2.24) is 5.32 Å². The Morgan fingerprint density at radius 2 is 2.04 bits per heavy atom. The highest BCUT2D eigenvalue weighted by atomic mass is 16.5. The Bertz CT molecular complexity index is 673. The summed E-state index contributed by atoms with van der Waals surface area (Å²) in [5.74, 6) is 0.883. The van der Waals surface area contributed by atoms with Gasteiger partial charge in [-0.15, -0.1) is 0 Å². The molecule has 2 aromatic rings. The Hall–Kier alpha value is -2.53. The van der Waals surface area contributed by atoms with Gasteiger partial charge in [0.2, 0.25) is 0 Å². The van der Waals surface area contributed by atoms with Crippen molar-refractivity contribution >= 4 is 11.7 Å². The van der Waals surface area contributed by atoms with Crippen LogP contribution in [-0.2, 0) is 12.8 Å². The molecule has 3 rings (SSSR count). The molecule has 2 amide bonds. The molecule has 1 heterocycles. The van der Waals surface area contributed by atoms with Gasteiger partial charge >= 0.3 is 6.03 Å². The molecule has 120 valence electrons. The smallest absolute Gasteiger partial charge is 0.319 e. The summed E-state index contributed by atoms with van der Waals surface area (Å²) in [6.45, 7) is 0.578. The Morgan fingerprint density at radius 1 is 1.22 bits per heavy atom. The Labute approximate surface area is 135 Å². The van der Waals surface area contributed by atoms with Crippen LogP contribution in [0, 0.1) is 0 Å². The second-order valence-electron chi connectivity index (χ2n) is 5.59. The normalized spacial score (nSPS) is 13.8. The average molecular weight is 312 g/mol. The zero-order chi connectivity index (χ0) is 16.1. The zero-order valence-electron chi connectivity index (χ0n) is 12.8. The standard InChI is InChI=1S/C18H20N2O3/c21-12-16(10-13-4-2-1-3-5-13)20-18(22)19-15-6-7-17-14(11-15)8-9-23-17/h1-7,11,16,21H,8-10,12H2,(H2,19,20,22). The molecular weight excluding hydrogens is 292 g/mol. The predicted molar refractivity (Wildman–Crippen MR) is 88.8 cm³/mol. The first-order valence-electron chi connectivity index (χ1n) is 7.72. The third kappa shape index (κ3) is 4.02. The SMILES string of the molecule is O=C(Nc1ccc2c(c1)CCO2)NC(CO)Cc1ccccc1. The first-order chi connectivity index (χ1) is 11.2. The van der Waals surface area contributed by atoms with Crippen molar-refractivity contribution in [1.29, 1.82) is 0 Å². The van der Waals surface area contributed by atoms with Gasteiger partial charge < -0.3 is 20.5 Å². The van der Waals surface area contributed by atoms with Gasteiger partial charge in [0.1, 0.15) is 5.75 Å². The van der Waals surface area contributed by atoms with Crippen molar-refractivity contribution < 1.29 is 14.6 Å². The maximum absolute atomic E-state index is 12.1. The Balaban J connectivity index is 1.57. The van der Waals surface area contributed by atoms with Crippen molar-refractivity contribution in [3.63, 3.8) is 0 Å². The van der Waals surface area contributed by atoms with Gasteiger partial charge in [0.25, 0.3) is 0 Å². The molecule has 23 heavy (non-hydrogen) atoms. The maximum atomic E-state index is 12.1. The topological polar surface area (TPSA) is 70.6 Å². The van der Waals surface area contributed by atoms with Crippen molar-refractivity contribution in [2.75, 3.05) is 18.5 Å². The van der Waals surface area contributed by atoms with Crippen LogP contribution in [0.15, 0.2) is 48.5 Å². The molecule has 0 radical (unpaired) electrons. The monoisotopic (exact) mass is 312 g/mol.